The minimum Gasteiger partial charge on any atom is -0.377 e. The van der Waals surface area contributed by atoms with Gasteiger partial charge in [0.25, 0.3) is 5.69 Å². The van der Waals surface area contributed by atoms with E-state index in [1.54, 1.807) is 12.1 Å². The van der Waals surface area contributed by atoms with Gasteiger partial charge in [0.05, 0.1) is 30.8 Å². The van der Waals surface area contributed by atoms with Crippen molar-refractivity contribution in [1.82, 2.24) is 0 Å². The van der Waals surface area contributed by atoms with Crippen LogP contribution in [0.3, 0.4) is 0 Å². The van der Waals surface area contributed by atoms with E-state index in [1.807, 2.05) is 0 Å². The van der Waals surface area contributed by atoms with E-state index in [0.29, 0.717) is 37.1 Å². The Kier molecular flexibility index (Phi) is 4.35. The van der Waals surface area contributed by atoms with E-state index in [1.165, 1.54) is 6.07 Å². The van der Waals surface area contributed by atoms with Crippen LogP contribution in [0.1, 0.15) is 0 Å². The molecular formula is C11H13ClN2O4. The number of ether oxygens (including phenoxy) is 2. The van der Waals surface area contributed by atoms with Crippen LogP contribution in [0.5, 0.6) is 0 Å². The van der Waals surface area contributed by atoms with Crippen molar-refractivity contribution in [2.75, 3.05) is 31.7 Å². The normalized spacial score (nSPS) is 19.5. The molecule has 1 saturated heterocycles. The Balaban J connectivity index is 2.01. The summed E-state index contributed by atoms with van der Waals surface area (Å²) in [5.74, 6) is 0. The summed E-state index contributed by atoms with van der Waals surface area (Å²) in [6.07, 6.45) is -0.0889. The Morgan fingerprint density at radius 3 is 3.00 bits per heavy atom. The summed E-state index contributed by atoms with van der Waals surface area (Å²) in [5, 5.41) is 14.2. The molecule has 0 spiro atoms. The maximum Gasteiger partial charge on any atom is 0.293 e. The van der Waals surface area contributed by atoms with Gasteiger partial charge in [-0.2, -0.15) is 0 Å². The second-order valence-corrected chi connectivity index (χ2v) is 4.30. The van der Waals surface area contributed by atoms with Gasteiger partial charge in [-0.25, -0.2) is 0 Å². The van der Waals surface area contributed by atoms with Gasteiger partial charge in [0.1, 0.15) is 5.69 Å². The van der Waals surface area contributed by atoms with Crippen molar-refractivity contribution in [1.29, 1.82) is 0 Å². The van der Waals surface area contributed by atoms with Crippen LogP contribution in [-0.4, -0.2) is 37.4 Å². The third-order valence-corrected chi connectivity index (χ3v) is 2.80. The van der Waals surface area contributed by atoms with Crippen LogP contribution in [-0.2, 0) is 9.47 Å². The fraction of sp³-hybridized carbons (Fsp3) is 0.455. The van der Waals surface area contributed by atoms with E-state index in [-0.39, 0.29) is 11.8 Å². The van der Waals surface area contributed by atoms with Gasteiger partial charge in [-0.1, -0.05) is 11.6 Å². The lowest BCUT2D eigenvalue weighted by atomic mass is 10.2. The van der Waals surface area contributed by atoms with Crippen LogP contribution in [0.4, 0.5) is 11.4 Å². The number of hydrogen-bond donors (Lipinski definition) is 1. The SMILES string of the molecule is O=[N+]([O-])c1cc(Cl)ccc1NC[C@@H]1COCCO1. The van der Waals surface area contributed by atoms with Crippen LogP contribution in [0.25, 0.3) is 0 Å². The molecule has 1 N–H and O–H groups in total. The zero-order chi connectivity index (χ0) is 13.0. The second-order valence-electron chi connectivity index (χ2n) is 3.87. The number of nitrogens with zero attached hydrogens (tertiary/aromatic N) is 1. The van der Waals surface area contributed by atoms with E-state index < -0.39 is 4.92 Å². The first-order valence-electron chi connectivity index (χ1n) is 5.54. The molecule has 6 nitrogen and oxygen atoms in total. The predicted molar refractivity (Wildman–Crippen MR) is 67.2 cm³/mol. The van der Waals surface area contributed by atoms with E-state index >= 15 is 0 Å². The van der Waals surface area contributed by atoms with Crippen LogP contribution in [0.15, 0.2) is 18.2 Å². The first kappa shape index (κ1) is 13.1. The molecule has 0 aliphatic carbocycles. The molecule has 1 atom stereocenters. The molecule has 0 radical (unpaired) electrons. The van der Waals surface area contributed by atoms with Crippen LogP contribution in [0.2, 0.25) is 5.02 Å². The molecule has 1 fully saturated rings. The third-order valence-electron chi connectivity index (χ3n) is 2.56. The number of benzene rings is 1. The highest BCUT2D eigenvalue weighted by molar-refractivity contribution is 6.30. The van der Waals surface area contributed by atoms with Crippen LogP contribution in [0, 0.1) is 10.1 Å². The Labute approximate surface area is 109 Å². The van der Waals surface area contributed by atoms with E-state index in [9.17, 15) is 10.1 Å². The Morgan fingerprint density at radius 1 is 1.50 bits per heavy atom. The topological polar surface area (TPSA) is 73.6 Å². The second kappa shape index (κ2) is 5.99. The third kappa shape index (κ3) is 3.32. The molecule has 0 amide bonds. The molecule has 7 heteroatoms. The minimum absolute atomic E-state index is 0.0424. The summed E-state index contributed by atoms with van der Waals surface area (Å²) < 4.78 is 10.7. The van der Waals surface area contributed by atoms with Crippen molar-refractivity contribution in [2.45, 2.75) is 6.10 Å². The van der Waals surface area contributed by atoms with Crippen molar-refractivity contribution >= 4 is 23.0 Å². The zero-order valence-electron chi connectivity index (χ0n) is 9.60. The molecule has 1 aromatic rings. The summed E-state index contributed by atoms with van der Waals surface area (Å²) in [6.45, 7) is 2.10. The number of hydrogen-bond acceptors (Lipinski definition) is 5. The van der Waals surface area contributed by atoms with Gasteiger partial charge in [0.2, 0.25) is 0 Å². The summed E-state index contributed by atoms with van der Waals surface area (Å²) in [6, 6.07) is 4.52. The number of nitrogens with one attached hydrogen (secondary N) is 1. The quantitative estimate of drug-likeness (QED) is 0.671. The van der Waals surface area contributed by atoms with Gasteiger partial charge in [0.15, 0.2) is 0 Å². The monoisotopic (exact) mass is 272 g/mol. The van der Waals surface area contributed by atoms with Gasteiger partial charge in [-0.3, -0.25) is 10.1 Å². The van der Waals surface area contributed by atoms with Crippen LogP contribution < -0.4 is 5.32 Å². The van der Waals surface area contributed by atoms with Gasteiger partial charge >= 0.3 is 0 Å². The molecule has 0 bridgehead atoms. The van der Waals surface area contributed by atoms with Crippen molar-refractivity contribution in [3.05, 3.63) is 33.3 Å². The number of nitro benzene ring substituents is 1. The van der Waals surface area contributed by atoms with E-state index in [4.69, 9.17) is 21.1 Å². The first-order chi connectivity index (χ1) is 8.66. The van der Waals surface area contributed by atoms with Crippen molar-refractivity contribution in [3.63, 3.8) is 0 Å². The van der Waals surface area contributed by atoms with E-state index in [0.717, 1.165) is 0 Å². The largest absolute Gasteiger partial charge is 0.377 e. The van der Waals surface area contributed by atoms with Crippen molar-refractivity contribution in [2.24, 2.45) is 0 Å². The van der Waals surface area contributed by atoms with Gasteiger partial charge in [-0.15, -0.1) is 0 Å². The molecule has 0 saturated carbocycles. The summed E-state index contributed by atoms with van der Waals surface area (Å²) >= 11 is 5.73. The Bertz CT molecular complexity index is 435. The molecule has 98 valence electrons. The van der Waals surface area contributed by atoms with Crippen LogP contribution >= 0.6 is 11.6 Å². The first-order valence-corrected chi connectivity index (χ1v) is 5.92. The maximum absolute atomic E-state index is 10.9. The highest BCUT2D eigenvalue weighted by atomic mass is 35.5. The van der Waals surface area contributed by atoms with Gasteiger partial charge < -0.3 is 14.8 Å². The van der Waals surface area contributed by atoms with E-state index in [2.05, 4.69) is 5.32 Å². The summed E-state index contributed by atoms with van der Waals surface area (Å²) in [4.78, 5) is 10.4. The average Bonchev–Trinajstić information content (AvgIpc) is 2.38. The summed E-state index contributed by atoms with van der Waals surface area (Å²) in [7, 11) is 0. The van der Waals surface area contributed by atoms with Crippen molar-refractivity contribution < 1.29 is 14.4 Å². The summed E-state index contributed by atoms with van der Waals surface area (Å²) in [5.41, 5.74) is 0.387. The molecule has 1 aromatic carbocycles. The lowest BCUT2D eigenvalue weighted by Gasteiger charge is -2.23. The molecule has 1 aliphatic rings. The highest BCUT2D eigenvalue weighted by Gasteiger charge is 2.18. The molecule has 0 unspecified atom stereocenters. The van der Waals surface area contributed by atoms with Gasteiger partial charge in [0, 0.05) is 17.6 Å². The Morgan fingerprint density at radius 2 is 2.33 bits per heavy atom. The minimum atomic E-state index is -0.466. The Hall–Kier alpha value is -1.37. The lowest BCUT2D eigenvalue weighted by Crippen LogP contribution is -2.34. The molecule has 1 heterocycles. The van der Waals surface area contributed by atoms with Crippen molar-refractivity contribution in [3.8, 4) is 0 Å². The molecular weight excluding hydrogens is 260 g/mol. The number of halogens is 1. The predicted octanol–water partition coefficient (Wildman–Crippen LogP) is 2.08. The van der Waals surface area contributed by atoms with Gasteiger partial charge in [-0.05, 0) is 12.1 Å². The number of nitro groups is 1. The molecule has 0 aromatic heterocycles. The average molecular weight is 273 g/mol. The number of anilines is 1. The molecule has 18 heavy (non-hydrogen) atoms. The zero-order valence-corrected chi connectivity index (χ0v) is 10.4. The lowest BCUT2D eigenvalue weighted by molar-refractivity contribution is -0.383. The fourth-order valence-corrected chi connectivity index (χ4v) is 1.85. The standard InChI is InChI=1S/C11H13ClN2O4/c12-8-1-2-10(11(5-8)14(15)16)13-6-9-7-17-3-4-18-9/h1-2,5,9,13H,3-4,6-7H2/t9-/m1/s1. The fourth-order valence-electron chi connectivity index (χ4n) is 1.68. The molecule has 2 rings (SSSR count). The maximum atomic E-state index is 10.9. The molecule has 1 aliphatic heterocycles. The number of rotatable bonds is 4. The smallest absolute Gasteiger partial charge is 0.293 e. The highest BCUT2D eigenvalue weighted by Crippen LogP contribution is 2.27.